The number of hydrogen-bond donors (Lipinski definition) is 1. The average molecular weight is 205 g/mol. The van der Waals surface area contributed by atoms with Crippen molar-refractivity contribution in [1.82, 2.24) is 0 Å². The largest absolute Gasteiger partial charge is 0.497 e. The highest BCUT2D eigenvalue weighted by atomic mass is 32.2. The van der Waals surface area contributed by atoms with Gasteiger partial charge in [0, 0.05) is 6.26 Å². The summed E-state index contributed by atoms with van der Waals surface area (Å²) in [5.41, 5.74) is 5.66. The average Bonchev–Trinajstić information content (AvgIpc) is 2.03. The zero-order chi connectivity index (χ0) is 9.90. The van der Waals surface area contributed by atoms with E-state index in [1.807, 2.05) is 6.08 Å². The molecule has 1 rings (SSSR count). The molecule has 1 unspecified atom stereocenters. The highest BCUT2D eigenvalue weighted by molar-refractivity contribution is 7.90. The van der Waals surface area contributed by atoms with Gasteiger partial charge in [0.25, 0.3) is 0 Å². The molecule has 0 aromatic rings. The molecule has 1 aliphatic rings. The minimum Gasteiger partial charge on any atom is -0.497 e. The summed E-state index contributed by atoms with van der Waals surface area (Å²) in [6, 6.07) is -0.504. The van der Waals surface area contributed by atoms with Crippen LogP contribution in [-0.2, 0) is 14.6 Å². The zero-order valence-electron chi connectivity index (χ0n) is 7.69. The Balaban J connectivity index is 2.57. The van der Waals surface area contributed by atoms with Gasteiger partial charge in [-0.2, -0.15) is 0 Å². The molecule has 0 bridgehead atoms. The summed E-state index contributed by atoms with van der Waals surface area (Å²) in [5.74, 6) is 0.579. The summed E-state index contributed by atoms with van der Waals surface area (Å²) in [4.78, 5) is 0. The molecule has 0 aliphatic carbocycles. The second-order valence-electron chi connectivity index (χ2n) is 3.30. The topological polar surface area (TPSA) is 69.4 Å². The van der Waals surface area contributed by atoms with E-state index in [4.69, 9.17) is 10.5 Å². The lowest BCUT2D eigenvalue weighted by molar-refractivity contribution is 0.178. The fourth-order valence-corrected chi connectivity index (χ4v) is 2.06. The third-order valence-electron chi connectivity index (χ3n) is 1.81. The van der Waals surface area contributed by atoms with Gasteiger partial charge in [-0.15, -0.1) is 0 Å². The fraction of sp³-hybridized carbons (Fsp3) is 0.750. The molecule has 0 saturated heterocycles. The lowest BCUT2D eigenvalue weighted by atomic mass is 10.2. The van der Waals surface area contributed by atoms with E-state index in [1.54, 1.807) is 0 Å². The van der Waals surface area contributed by atoms with Crippen LogP contribution in [0.15, 0.2) is 11.8 Å². The molecule has 5 heteroatoms. The Morgan fingerprint density at radius 1 is 1.69 bits per heavy atom. The fourth-order valence-electron chi connectivity index (χ4n) is 1.24. The van der Waals surface area contributed by atoms with Gasteiger partial charge in [-0.25, -0.2) is 8.42 Å². The Kier molecular flexibility index (Phi) is 3.33. The van der Waals surface area contributed by atoms with Gasteiger partial charge < -0.3 is 10.5 Å². The molecule has 13 heavy (non-hydrogen) atoms. The van der Waals surface area contributed by atoms with Crippen LogP contribution in [0.3, 0.4) is 0 Å². The second kappa shape index (κ2) is 4.11. The van der Waals surface area contributed by atoms with Crippen LogP contribution in [-0.4, -0.2) is 33.1 Å². The standard InChI is InChI=1S/C8H15NO3S/c1-13(10,11)6-7(9)8-4-2-3-5-12-8/h4,7H,2-3,5-6,9H2,1H3. The van der Waals surface area contributed by atoms with E-state index in [1.165, 1.54) is 6.26 Å². The van der Waals surface area contributed by atoms with Crippen molar-refractivity contribution in [3.05, 3.63) is 11.8 Å². The van der Waals surface area contributed by atoms with Crippen LogP contribution < -0.4 is 5.73 Å². The first-order valence-corrected chi connectivity index (χ1v) is 6.31. The summed E-state index contributed by atoms with van der Waals surface area (Å²) in [7, 11) is -3.02. The predicted octanol–water partition coefficient (Wildman–Crippen LogP) is 0.0526. The highest BCUT2D eigenvalue weighted by Gasteiger charge is 2.18. The Morgan fingerprint density at radius 3 is 2.85 bits per heavy atom. The van der Waals surface area contributed by atoms with Crippen molar-refractivity contribution < 1.29 is 13.2 Å². The minimum atomic E-state index is -3.02. The molecule has 0 aromatic carbocycles. The molecule has 0 radical (unpaired) electrons. The lowest BCUT2D eigenvalue weighted by Gasteiger charge is -2.19. The van der Waals surface area contributed by atoms with Gasteiger partial charge in [0.1, 0.15) is 15.6 Å². The predicted molar refractivity (Wildman–Crippen MR) is 51.0 cm³/mol. The molecular weight excluding hydrogens is 190 g/mol. The van der Waals surface area contributed by atoms with Crippen molar-refractivity contribution >= 4 is 9.84 Å². The quantitative estimate of drug-likeness (QED) is 0.707. The summed E-state index contributed by atoms with van der Waals surface area (Å²) in [6.07, 6.45) is 4.96. The molecule has 2 N–H and O–H groups in total. The van der Waals surface area contributed by atoms with Crippen molar-refractivity contribution in [2.24, 2.45) is 5.73 Å². The lowest BCUT2D eigenvalue weighted by Crippen LogP contribution is -2.33. The Bertz CT molecular complexity index is 295. The third-order valence-corrected chi connectivity index (χ3v) is 2.78. The number of hydrogen-bond acceptors (Lipinski definition) is 4. The Labute approximate surface area is 78.7 Å². The van der Waals surface area contributed by atoms with E-state index in [0.717, 1.165) is 12.8 Å². The zero-order valence-corrected chi connectivity index (χ0v) is 8.51. The molecule has 0 saturated carbocycles. The van der Waals surface area contributed by atoms with Gasteiger partial charge in [-0.05, 0) is 18.9 Å². The van der Waals surface area contributed by atoms with E-state index in [2.05, 4.69) is 0 Å². The van der Waals surface area contributed by atoms with E-state index in [-0.39, 0.29) is 5.75 Å². The van der Waals surface area contributed by atoms with Gasteiger partial charge in [-0.1, -0.05) is 0 Å². The maximum atomic E-state index is 10.9. The molecular formula is C8H15NO3S. The summed E-state index contributed by atoms with van der Waals surface area (Å²) in [5, 5.41) is 0. The van der Waals surface area contributed by atoms with E-state index in [9.17, 15) is 8.42 Å². The minimum absolute atomic E-state index is 0.0428. The molecule has 1 atom stereocenters. The number of rotatable bonds is 3. The number of sulfone groups is 1. The Hall–Kier alpha value is -0.550. The van der Waals surface area contributed by atoms with Gasteiger partial charge in [0.05, 0.1) is 18.4 Å². The highest BCUT2D eigenvalue weighted by Crippen LogP contribution is 2.13. The number of ether oxygens (including phenoxy) is 1. The van der Waals surface area contributed by atoms with Crippen molar-refractivity contribution in [1.29, 1.82) is 0 Å². The molecule has 76 valence electrons. The SMILES string of the molecule is CS(=O)(=O)CC(N)C1=CCCCO1. The molecule has 1 heterocycles. The van der Waals surface area contributed by atoms with Crippen molar-refractivity contribution in [2.45, 2.75) is 18.9 Å². The molecule has 0 aromatic heterocycles. The maximum absolute atomic E-state index is 10.9. The van der Waals surface area contributed by atoms with Gasteiger partial charge >= 0.3 is 0 Å². The van der Waals surface area contributed by atoms with Gasteiger partial charge in [-0.3, -0.25) is 0 Å². The maximum Gasteiger partial charge on any atom is 0.149 e. The van der Waals surface area contributed by atoms with Crippen molar-refractivity contribution in [3.8, 4) is 0 Å². The van der Waals surface area contributed by atoms with Crippen LogP contribution in [0.25, 0.3) is 0 Å². The van der Waals surface area contributed by atoms with Crippen LogP contribution in [0.1, 0.15) is 12.8 Å². The smallest absolute Gasteiger partial charge is 0.149 e. The van der Waals surface area contributed by atoms with Crippen LogP contribution in [0.2, 0.25) is 0 Å². The summed E-state index contributed by atoms with van der Waals surface area (Å²) >= 11 is 0. The van der Waals surface area contributed by atoms with Crippen LogP contribution in [0, 0.1) is 0 Å². The van der Waals surface area contributed by atoms with Crippen LogP contribution in [0.4, 0.5) is 0 Å². The second-order valence-corrected chi connectivity index (χ2v) is 5.48. The van der Waals surface area contributed by atoms with E-state index >= 15 is 0 Å². The molecule has 0 fully saturated rings. The van der Waals surface area contributed by atoms with Crippen molar-refractivity contribution in [3.63, 3.8) is 0 Å². The summed E-state index contributed by atoms with van der Waals surface area (Å²) < 4.78 is 27.1. The van der Waals surface area contributed by atoms with Crippen molar-refractivity contribution in [2.75, 3.05) is 18.6 Å². The first kappa shape index (κ1) is 10.5. The Morgan fingerprint density at radius 2 is 2.38 bits per heavy atom. The normalized spacial score (nSPS) is 20.3. The first-order valence-electron chi connectivity index (χ1n) is 4.25. The molecule has 4 nitrogen and oxygen atoms in total. The number of nitrogens with two attached hydrogens (primary N) is 1. The van der Waals surface area contributed by atoms with E-state index < -0.39 is 15.9 Å². The van der Waals surface area contributed by atoms with E-state index in [0.29, 0.717) is 12.4 Å². The first-order chi connectivity index (χ1) is 5.99. The molecule has 0 spiro atoms. The third kappa shape index (κ3) is 3.78. The van der Waals surface area contributed by atoms with Gasteiger partial charge in [0.2, 0.25) is 0 Å². The van der Waals surface area contributed by atoms with Gasteiger partial charge in [0.15, 0.2) is 0 Å². The molecule has 1 aliphatic heterocycles. The number of allylic oxidation sites excluding steroid dienone is 1. The van der Waals surface area contributed by atoms with Crippen LogP contribution in [0.5, 0.6) is 0 Å². The summed E-state index contributed by atoms with van der Waals surface area (Å²) in [6.45, 7) is 0.642. The monoisotopic (exact) mass is 205 g/mol. The molecule has 0 amide bonds. The van der Waals surface area contributed by atoms with Crippen LogP contribution >= 0.6 is 0 Å².